The van der Waals surface area contributed by atoms with Crippen LogP contribution in [0, 0.1) is 22.5 Å². The first-order valence-electron chi connectivity index (χ1n) is 8.30. The molecule has 0 aliphatic rings. The van der Waals surface area contributed by atoms with E-state index in [4.69, 9.17) is 16.0 Å². The molecule has 1 aromatic carbocycles. The average molecular weight is 386 g/mol. The van der Waals surface area contributed by atoms with Crippen molar-refractivity contribution < 1.29 is 14.0 Å². The summed E-state index contributed by atoms with van der Waals surface area (Å²) < 4.78 is 30.6. The molecule has 2 rings (SSSR count). The van der Waals surface area contributed by atoms with Gasteiger partial charge in [0.05, 0.1) is 5.69 Å². The van der Waals surface area contributed by atoms with Gasteiger partial charge in [-0.05, 0) is 32.7 Å². The summed E-state index contributed by atoms with van der Waals surface area (Å²) in [5.41, 5.74) is 0.0110. The lowest BCUT2D eigenvalue weighted by Crippen LogP contribution is -2.33. The monoisotopic (exact) mass is 386 g/mol. The Kier molecular flexibility index (Phi) is 6.29. The zero-order valence-corrected chi connectivity index (χ0v) is 15.7. The fourth-order valence-electron chi connectivity index (χ4n) is 2.66. The molecule has 0 spiro atoms. The third-order valence-electron chi connectivity index (χ3n) is 4.20. The Bertz CT molecular complexity index is 1060. The molecule has 3 N–H and O–H groups in total. The van der Waals surface area contributed by atoms with Gasteiger partial charge in [0, 0.05) is 23.1 Å². The van der Waals surface area contributed by atoms with Gasteiger partial charge in [-0.3, -0.25) is 15.8 Å². The quantitative estimate of drug-likeness (QED) is 0.314. The van der Waals surface area contributed by atoms with Gasteiger partial charge in [-0.2, -0.15) is 5.10 Å². The van der Waals surface area contributed by atoms with Crippen molar-refractivity contribution in [2.45, 2.75) is 26.7 Å². The molecule has 0 aliphatic carbocycles. The fraction of sp³-hybridized carbons (Fsp3) is 0.211. The summed E-state index contributed by atoms with van der Waals surface area (Å²) in [5.74, 6) is -3.11. The highest BCUT2D eigenvalue weighted by Gasteiger charge is 2.26. The van der Waals surface area contributed by atoms with Crippen molar-refractivity contribution >= 4 is 30.0 Å². The molecule has 1 unspecified atom stereocenters. The van der Waals surface area contributed by atoms with Gasteiger partial charge in [0.25, 0.3) is 0 Å². The van der Waals surface area contributed by atoms with E-state index in [1.807, 2.05) is 0 Å². The standard InChI is InChI=1S/C19H20F2N6O/c1-5-6-12-15(24-4)9-13(20)17(18(12)21)10(2)19(23)27-16(22)8-7-14(25-27)11(3)26-28/h5-10,22-23,28H,4H2,1-3H3/b6-5-,22-16?,23-19?,26-11+. The Hall–Kier alpha value is -3.49. The number of nitrogens with one attached hydrogen (secondary N) is 2. The van der Waals surface area contributed by atoms with Gasteiger partial charge in [-0.1, -0.05) is 24.2 Å². The highest BCUT2D eigenvalue weighted by Crippen LogP contribution is 2.33. The highest BCUT2D eigenvalue weighted by atomic mass is 19.1. The van der Waals surface area contributed by atoms with E-state index >= 15 is 4.39 Å². The first-order chi connectivity index (χ1) is 13.3. The maximum atomic E-state index is 15.1. The molecule has 0 saturated carbocycles. The molecule has 0 aliphatic heterocycles. The molecule has 1 atom stereocenters. The van der Waals surface area contributed by atoms with Crippen LogP contribution in [0.3, 0.4) is 0 Å². The number of halogens is 2. The number of rotatable bonds is 5. The van der Waals surface area contributed by atoms with Crippen LogP contribution >= 0.6 is 0 Å². The number of nitrogens with zero attached hydrogens (tertiary/aromatic N) is 4. The summed E-state index contributed by atoms with van der Waals surface area (Å²) in [6.07, 6.45) is 3.03. The molecule has 0 amide bonds. The van der Waals surface area contributed by atoms with Gasteiger partial charge in [-0.15, -0.1) is 0 Å². The molecule has 1 aromatic heterocycles. The molecule has 0 radical (unpaired) electrons. The number of aliphatic imine (C=N–C) groups is 1. The zero-order chi connectivity index (χ0) is 21.0. The molecule has 0 fully saturated rings. The molecule has 146 valence electrons. The zero-order valence-electron chi connectivity index (χ0n) is 15.7. The Morgan fingerprint density at radius 1 is 1.39 bits per heavy atom. The third kappa shape index (κ3) is 3.78. The smallest absolute Gasteiger partial charge is 0.148 e. The fourth-order valence-corrected chi connectivity index (χ4v) is 2.66. The third-order valence-corrected chi connectivity index (χ3v) is 4.20. The van der Waals surface area contributed by atoms with Crippen LogP contribution in [0.15, 0.2) is 34.4 Å². The predicted molar refractivity (Wildman–Crippen MR) is 104 cm³/mol. The van der Waals surface area contributed by atoms with Gasteiger partial charge in [-0.25, -0.2) is 13.5 Å². The number of allylic oxidation sites excluding steroid dienone is 1. The van der Waals surface area contributed by atoms with Crippen LogP contribution in [0.5, 0.6) is 0 Å². The molecule has 7 nitrogen and oxygen atoms in total. The lowest BCUT2D eigenvalue weighted by atomic mass is 9.95. The second-order valence-corrected chi connectivity index (χ2v) is 5.98. The van der Waals surface area contributed by atoms with Gasteiger partial charge < -0.3 is 5.21 Å². The normalized spacial score (nSPS) is 13.0. The van der Waals surface area contributed by atoms with Crippen LogP contribution < -0.4 is 5.49 Å². The number of aromatic nitrogens is 2. The van der Waals surface area contributed by atoms with E-state index in [1.165, 1.54) is 32.1 Å². The summed E-state index contributed by atoms with van der Waals surface area (Å²) in [6, 6.07) is 3.85. The SMILES string of the molecule is C=Nc1cc(F)c(C(C)C(=N)n2nc(/C(C)=N/O)ccc2=N)c(F)c1/C=C\C. The van der Waals surface area contributed by atoms with E-state index in [2.05, 4.69) is 22.0 Å². The lowest BCUT2D eigenvalue weighted by molar-refractivity contribution is 0.319. The highest BCUT2D eigenvalue weighted by molar-refractivity contribution is 5.96. The van der Waals surface area contributed by atoms with E-state index in [-0.39, 0.29) is 39.5 Å². The van der Waals surface area contributed by atoms with Gasteiger partial charge in [0.1, 0.15) is 34.4 Å². The molecule has 0 saturated heterocycles. The summed E-state index contributed by atoms with van der Waals surface area (Å²) >= 11 is 0. The molecule has 1 heterocycles. The second kappa shape index (κ2) is 8.47. The Balaban J connectivity index is 2.63. The minimum atomic E-state index is -1.06. The van der Waals surface area contributed by atoms with Crippen LogP contribution in [0.1, 0.15) is 43.5 Å². The molecule has 28 heavy (non-hydrogen) atoms. The summed E-state index contributed by atoms with van der Waals surface area (Å²) in [7, 11) is 0. The average Bonchev–Trinajstić information content (AvgIpc) is 2.69. The summed E-state index contributed by atoms with van der Waals surface area (Å²) in [6.45, 7) is 7.95. The Morgan fingerprint density at radius 2 is 2.07 bits per heavy atom. The van der Waals surface area contributed by atoms with Crippen molar-refractivity contribution in [2.75, 3.05) is 0 Å². The van der Waals surface area contributed by atoms with Crippen molar-refractivity contribution in [3.63, 3.8) is 0 Å². The maximum Gasteiger partial charge on any atom is 0.148 e. The Morgan fingerprint density at radius 3 is 2.64 bits per heavy atom. The second-order valence-electron chi connectivity index (χ2n) is 5.98. The largest absolute Gasteiger partial charge is 0.411 e. The lowest BCUT2D eigenvalue weighted by Gasteiger charge is -2.19. The first kappa shape index (κ1) is 20.8. The van der Waals surface area contributed by atoms with Crippen molar-refractivity contribution in [2.24, 2.45) is 10.1 Å². The van der Waals surface area contributed by atoms with Crippen molar-refractivity contribution in [1.29, 1.82) is 10.8 Å². The predicted octanol–water partition coefficient (Wildman–Crippen LogP) is 3.83. The van der Waals surface area contributed by atoms with Crippen molar-refractivity contribution in [3.05, 3.63) is 58.2 Å². The minimum Gasteiger partial charge on any atom is -0.411 e. The van der Waals surface area contributed by atoms with E-state index < -0.39 is 17.6 Å². The summed E-state index contributed by atoms with van der Waals surface area (Å²) in [5, 5.41) is 32.3. The van der Waals surface area contributed by atoms with Crippen LogP contribution in [0.25, 0.3) is 6.08 Å². The number of oxime groups is 1. The van der Waals surface area contributed by atoms with Gasteiger partial charge >= 0.3 is 0 Å². The molecular formula is C19H20F2N6O. The van der Waals surface area contributed by atoms with E-state index in [0.29, 0.717) is 0 Å². The van der Waals surface area contributed by atoms with Crippen LogP contribution in [-0.2, 0) is 0 Å². The van der Waals surface area contributed by atoms with Gasteiger partial charge in [0.2, 0.25) is 0 Å². The minimum absolute atomic E-state index is 0.0549. The molecule has 9 heteroatoms. The van der Waals surface area contributed by atoms with Crippen molar-refractivity contribution in [1.82, 2.24) is 9.78 Å². The summed E-state index contributed by atoms with van der Waals surface area (Å²) in [4.78, 5) is 3.65. The van der Waals surface area contributed by atoms with Gasteiger partial charge in [0.15, 0.2) is 0 Å². The molecule has 0 bridgehead atoms. The van der Waals surface area contributed by atoms with Crippen LogP contribution in [0.4, 0.5) is 14.5 Å². The van der Waals surface area contributed by atoms with Crippen LogP contribution in [-0.4, -0.2) is 33.3 Å². The maximum absolute atomic E-state index is 15.1. The topological polar surface area (TPSA) is 110 Å². The number of hydrogen-bond donors (Lipinski definition) is 3. The van der Waals surface area contributed by atoms with E-state index in [1.54, 1.807) is 13.0 Å². The van der Waals surface area contributed by atoms with Crippen molar-refractivity contribution in [3.8, 4) is 0 Å². The van der Waals surface area contributed by atoms with E-state index in [0.717, 1.165) is 10.7 Å². The molecule has 2 aromatic rings. The number of hydrogen-bond acceptors (Lipinski definition) is 6. The van der Waals surface area contributed by atoms with E-state index in [9.17, 15) is 4.39 Å². The molecular weight excluding hydrogens is 366 g/mol. The first-order valence-corrected chi connectivity index (χ1v) is 8.30. The number of benzene rings is 1. The van der Waals surface area contributed by atoms with Crippen LogP contribution in [0.2, 0.25) is 0 Å². The Labute approximate surface area is 160 Å².